The van der Waals surface area contributed by atoms with Crippen LogP contribution in [0.15, 0.2) is 24.6 Å². The number of hydrogen-bond acceptors (Lipinski definition) is 2. The maximum atomic E-state index is 3.77. The molecule has 0 aromatic rings. The lowest BCUT2D eigenvalue weighted by Crippen LogP contribution is -2.39. The van der Waals surface area contributed by atoms with Crippen LogP contribution in [0.4, 0.5) is 0 Å². The summed E-state index contributed by atoms with van der Waals surface area (Å²) in [6.45, 7) is 21.1. The van der Waals surface area contributed by atoms with Gasteiger partial charge in [0.1, 0.15) is 0 Å². The third kappa shape index (κ3) is 10.1. The van der Waals surface area contributed by atoms with E-state index in [1.165, 1.54) is 5.70 Å². The summed E-state index contributed by atoms with van der Waals surface area (Å²) in [5.74, 6) is 0. The van der Waals surface area contributed by atoms with E-state index < -0.39 is 0 Å². The second-order valence-electron chi connectivity index (χ2n) is 2.89. The monoisotopic (exact) mass is 242 g/mol. The predicted octanol–water partition coefficient (Wildman–Crippen LogP) is 4.36. The van der Waals surface area contributed by atoms with Crippen molar-refractivity contribution in [2.75, 3.05) is 26.7 Å². The summed E-state index contributed by atoms with van der Waals surface area (Å²) in [5, 5.41) is 0. The molecule has 17 heavy (non-hydrogen) atoms. The Labute approximate surface area is 110 Å². The first-order valence-electron chi connectivity index (χ1n) is 7.01. The first-order valence-corrected chi connectivity index (χ1v) is 7.01. The molecule has 0 aromatic heterocycles. The van der Waals surface area contributed by atoms with Gasteiger partial charge in [0, 0.05) is 25.3 Å². The molecule has 1 rings (SSSR count). The van der Waals surface area contributed by atoms with Gasteiger partial charge in [0.25, 0.3) is 0 Å². The van der Waals surface area contributed by atoms with Crippen LogP contribution in [0.1, 0.15) is 48.5 Å². The van der Waals surface area contributed by atoms with Gasteiger partial charge < -0.3 is 4.90 Å². The molecule has 0 amide bonds. The normalized spacial score (nSPS) is 16.7. The topological polar surface area (TPSA) is 6.48 Å². The molecule has 0 aromatic carbocycles. The quantitative estimate of drug-likeness (QED) is 0.674. The van der Waals surface area contributed by atoms with Gasteiger partial charge in [0.15, 0.2) is 0 Å². The van der Waals surface area contributed by atoms with Gasteiger partial charge in [-0.3, -0.25) is 4.90 Å². The van der Waals surface area contributed by atoms with Gasteiger partial charge in [0.2, 0.25) is 0 Å². The average molecular weight is 242 g/mol. The van der Waals surface area contributed by atoms with Crippen molar-refractivity contribution in [3.8, 4) is 0 Å². The van der Waals surface area contributed by atoms with Crippen molar-refractivity contribution < 1.29 is 0 Å². The Morgan fingerprint density at radius 2 is 1.47 bits per heavy atom. The van der Waals surface area contributed by atoms with Crippen molar-refractivity contribution in [3.63, 3.8) is 0 Å². The highest BCUT2D eigenvalue weighted by atomic mass is 15.2. The minimum Gasteiger partial charge on any atom is -0.350 e. The molecule has 1 aliphatic heterocycles. The van der Waals surface area contributed by atoms with Gasteiger partial charge in [-0.05, 0) is 20.2 Å². The average Bonchev–Trinajstić information content (AvgIpc) is 2.45. The summed E-state index contributed by atoms with van der Waals surface area (Å²) < 4.78 is 0. The first kappa shape index (κ1) is 21.5. The Bertz CT molecular complexity index is 174. The molecule has 0 spiro atoms. The highest BCUT2D eigenvalue weighted by Crippen LogP contribution is 2.11. The maximum Gasteiger partial charge on any atom is 0.0381 e. The second-order valence-corrected chi connectivity index (χ2v) is 2.89. The van der Waals surface area contributed by atoms with E-state index in [1.807, 2.05) is 47.7 Å². The Morgan fingerprint density at radius 1 is 1.00 bits per heavy atom. The Kier molecular flexibility index (Phi) is 22.3. The van der Waals surface area contributed by atoms with Gasteiger partial charge in [-0.25, -0.2) is 0 Å². The van der Waals surface area contributed by atoms with Crippen LogP contribution in [0.2, 0.25) is 0 Å². The van der Waals surface area contributed by atoms with Crippen LogP contribution >= 0.6 is 0 Å². The lowest BCUT2D eigenvalue weighted by atomic mass is 10.2. The van der Waals surface area contributed by atoms with Gasteiger partial charge in [-0.2, -0.15) is 0 Å². The van der Waals surface area contributed by atoms with E-state index in [0.29, 0.717) is 0 Å². The van der Waals surface area contributed by atoms with Crippen LogP contribution in [0, 0.1) is 0 Å². The van der Waals surface area contributed by atoms with E-state index in [0.717, 1.165) is 19.6 Å². The summed E-state index contributed by atoms with van der Waals surface area (Å²) in [6.07, 6.45) is 4.06. The molecule has 0 aliphatic carbocycles. The summed E-state index contributed by atoms with van der Waals surface area (Å²) >= 11 is 0. The largest absolute Gasteiger partial charge is 0.350 e. The van der Waals surface area contributed by atoms with Gasteiger partial charge in [-0.15, -0.1) is 0 Å². The molecule has 0 atom stereocenters. The van der Waals surface area contributed by atoms with Crippen molar-refractivity contribution in [1.29, 1.82) is 0 Å². The van der Waals surface area contributed by atoms with Crippen molar-refractivity contribution in [2.24, 2.45) is 0 Å². The number of piperazine rings is 1. The van der Waals surface area contributed by atoms with E-state index >= 15 is 0 Å². The highest BCUT2D eigenvalue weighted by Gasteiger charge is 2.14. The first-order chi connectivity index (χ1) is 8.27. The van der Waals surface area contributed by atoms with Gasteiger partial charge in [-0.1, -0.05) is 54.2 Å². The molecule has 0 N–H and O–H groups in total. The Morgan fingerprint density at radius 3 is 1.82 bits per heavy atom. The third-order valence-electron chi connectivity index (χ3n) is 2.08. The zero-order valence-electron chi connectivity index (χ0n) is 13.4. The summed E-state index contributed by atoms with van der Waals surface area (Å²) in [7, 11) is 2.14. The zero-order chi connectivity index (χ0) is 14.3. The number of rotatable bonds is 1. The van der Waals surface area contributed by atoms with E-state index in [2.05, 4.69) is 36.4 Å². The van der Waals surface area contributed by atoms with Crippen LogP contribution in [-0.2, 0) is 0 Å². The molecule has 0 unspecified atom stereocenters. The molecule has 1 aliphatic rings. The molecule has 0 saturated carbocycles. The van der Waals surface area contributed by atoms with Gasteiger partial charge >= 0.3 is 0 Å². The minimum absolute atomic E-state index is 1.04. The predicted molar refractivity (Wildman–Crippen MR) is 82.2 cm³/mol. The lowest BCUT2D eigenvalue weighted by molar-refractivity contribution is 0.245. The zero-order valence-corrected chi connectivity index (χ0v) is 13.4. The number of allylic oxidation sites excluding steroid dienone is 1. The molecule has 1 saturated heterocycles. The van der Waals surface area contributed by atoms with Crippen LogP contribution in [-0.4, -0.2) is 36.5 Å². The second kappa shape index (κ2) is 17.6. The molecule has 1 heterocycles. The van der Waals surface area contributed by atoms with Gasteiger partial charge in [0.05, 0.1) is 0 Å². The number of nitrogens with zero attached hydrogens (tertiary/aromatic N) is 2. The highest BCUT2D eigenvalue weighted by molar-refractivity contribution is 5.08. The third-order valence-corrected chi connectivity index (χ3v) is 2.08. The molecule has 1 fully saturated rings. The summed E-state index contributed by atoms with van der Waals surface area (Å²) in [4.78, 5) is 4.52. The fourth-order valence-electron chi connectivity index (χ4n) is 1.33. The fourth-order valence-corrected chi connectivity index (χ4v) is 1.33. The molecule has 104 valence electrons. The van der Waals surface area contributed by atoms with E-state index in [4.69, 9.17) is 0 Å². The van der Waals surface area contributed by atoms with Crippen LogP contribution in [0.25, 0.3) is 0 Å². The van der Waals surface area contributed by atoms with Crippen molar-refractivity contribution in [1.82, 2.24) is 9.80 Å². The van der Waals surface area contributed by atoms with Crippen molar-refractivity contribution in [3.05, 3.63) is 24.6 Å². The van der Waals surface area contributed by atoms with E-state index in [9.17, 15) is 0 Å². The smallest absolute Gasteiger partial charge is 0.0381 e. The molecule has 2 heteroatoms. The van der Waals surface area contributed by atoms with Crippen molar-refractivity contribution in [2.45, 2.75) is 48.5 Å². The molecular formula is C15H34N2. The Balaban J connectivity index is -0.000000285. The molecule has 0 bridgehead atoms. The maximum absolute atomic E-state index is 3.77. The van der Waals surface area contributed by atoms with Crippen LogP contribution in [0.5, 0.6) is 0 Å². The number of hydrogen-bond donors (Lipinski definition) is 0. The lowest BCUT2D eigenvalue weighted by Gasteiger charge is -2.33. The van der Waals surface area contributed by atoms with Crippen LogP contribution < -0.4 is 0 Å². The summed E-state index contributed by atoms with van der Waals surface area (Å²) in [5.41, 5.74) is 1.36. The minimum atomic E-state index is 1.04. The fraction of sp³-hybridized carbons (Fsp3) is 0.733. The van der Waals surface area contributed by atoms with E-state index in [1.54, 1.807) is 0 Å². The van der Waals surface area contributed by atoms with Crippen molar-refractivity contribution >= 4 is 0 Å². The summed E-state index contributed by atoms with van der Waals surface area (Å²) in [6, 6.07) is 0. The standard InChI is InChI=1S/C9H16N2.3C2H6/c1-4-9-8-10(3)6-7-11(9)5-2;3*1-2/h4-5H,2,6-8H2,1,3H3;3*1-2H3/b9-4-;;;. The van der Waals surface area contributed by atoms with Crippen LogP contribution in [0.3, 0.4) is 0 Å². The number of likely N-dealkylation sites (N-methyl/N-ethyl adjacent to an activating group) is 1. The Hall–Kier alpha value is -0.760. The van der Waals surface area contributed by atoms with E-state index in [-0.39, 0.29) is 0 Å². The molecule has 0 radical (unpaired) electrons. The SMILES string of the molecule is C=CN1CCN(C)C/C1=C/C.CC.CC.CC. The molecule has 2 nitrogen and oxygen atoms in total. The molecular weight excluding hydrogens is 208 g/mol.